The largest absolute Gasteiger partial charge is 0.504 e. The monoisotopic (exact) mass is 562 g/mol. The molecular weight excluding hydrogens is 496 g/mol. The first kappa shape index (κ1) is 36.4. The van der Waals surface area contributed by atoms with E-state index in [0.717, 1.165) is 68.9 Å². The number of phenolic OH excluding ortho intramolecular Hbond substituents is 2. The quantitative estimate of drug-likeness (QED) is 0.0787. The summed E-state index contributed by atoms with van der Waals surface area (Å²) in [5, 5.41) is 22.4. The SMILES string of the molecule is CCCCCCCCOc1c(O)c(O)c(CCCCCCC)c(CCCCCCC)c1OCCCCCCCC. The van der Waals surface area contributed by atoms with Gasteiger partial charge >= 0.3 is 0 Å². The highest BCUT2D eigenvalue weighted by molar-refractivity contribution is 5.66. The van der Waals surface area contributed by atoms with Gasteiger partial charge in [-0.15, -0.1) is 0 Å². The van der Waals surface area contributed by atoms with Gasteiger partial charge in [0.15, 0.2) is 11.5 Å². The molecule has 0 saturated carbocycles. The molecule has 0 heterocycles. The first-order valence-electron chi connectivity index (χ1n) is 17.5. The second-order valence-electron chi connectivity index (χ2n) is 11.9. The molecule has 0 spiro atoms. The van der Waals surface area contributed by atoms with Gasteiger partial charge in [-0.05, 0) is 38.5 Å². The molecule has 0 aromatic heterocycles. The van der Waals surface area contributed by atoms with Gasteiger partial charge < -0.3 is 19.7 Å². The van der Waals surface area contributed by atoms with Crippen molar-refractivity contribution in [2.75, 3.05) is 13.2 Å². The summed E-state index contributed by atoms with van der Waals surface area (Å²) in [5.74, 6) is 0.968. The molecule has 0 atom stereocenters. The van der Waals surface area contributed by atoms with Crippen LogP contribution in [0.4, 0.5) is 0 Å². The summed E-state index contributed by atoms with van der Waals surface area (Å²) in [4.78, 5) is 0. The topological polar surface area (TPSA) is 58.9 Å². The number of hydrogen-bond acceptors (Lipinski definition) is 4. The van der Waals surface area contributed by atoms with Gasteiger partial charge in [0.05, 0.1) is 13.2 Å². The predicted octanol–water partition coefficient (Wildman–Crippen LogP) is 11.6. The summed E-state index contributed by atoms with van der Waals surface area (Å²) in [6, 6.07) is 0. The minimum Gasteiger partial charge on any atom is -0.504 e. The van der Waals surface area contributed by atoms with Crippen LogP contribution in [0.2, 0.25) is 0 Å². The van der Waals surface area contributed by atoms with Crippen molar-refractivity contribution in [1.29, 1.82) is 0 Å². The van der Waals surface area contributed by atoms with Crippen LogP contribution >= 0.6 is 0 Å². The molecule has 1 aromatic rings. The molecule has 0 aliphatic heterocycles. The Morgan fingerprint density at radius 2 is 0.725 bits per heavy atom. The van der Waals surface area contributed by atoms with E-state index in [0.29, 0.717) is 24.7 Å². The number of ether oxygens (including phenoxy) is 2. The van der Waals surface area contributed by atoms with Gasteiger partial charge in [-0.25, -0.2) is 0 Å². The summed E-state index contributed by atoms with van der Waals surface area (Å²) in [6.07, 6.45) is 27.8. The zero-order valence-electron chi connectivity index (χ0n) is 27.1. The Morgan fingerprint density at radius 1 is 0.375 bits per heavy atom. The maximum absolute atomic E-state index is 11.2. The number of aromatic hydroxyl groups is 2. The number of unbranched alkanes of at least 4 members (excludes halogenated alkanes) is 18. The molecule has 0 bridgehead atoms. The standard InChI is InChI=1S/C36H66O4/c1-5-9-13-17-21-25-29-39-35-32(28-24-20-16-12-8-4)31(27-23-19-15-11-7-3)33(37)34(38)36(35)40-30-26-22-18-14-10-6-2/h37-38H,5-30H2,1-4H3. The Morgan fingerprint density at radius 3 is 1.18 bits per heavy atom. The molecule has 40 heavy (non-hydrogen) atoms. The lowest BCUT2D eigenvalue weighted by atomic mass is 9.93. The Hall–Kier alpha value is -1.58. The molecule has 0 aliphatic carbocycles. The van der Waals surface area contributed by atoms with Crippen LogP contribution in [0.1, 0.15) is 180 Å². The van der Waals surface area contributed by atoms with Crippen molar-refractivity contribution in [2.45, 2.75) is 182 Å². The van der Waals surface area contributed by atoms with Crippen LogP contribution in [0, 0.1) is 0 Å². The third kappa shape index (κ3) is 15.4. The van der Waals surface area contributed by atoms with Crippen molar-refractivity contribution in [3.63, 3.8) is 0 Å². The van der Waals surface area contributed by atoms with Crippen LogP contribution in [0.5, 0.6) is 23.0 Å². The molecule has 0 aliphatic rings. The van der Waals surface area contributed by atoms with Crippen LogP contribution in [0.25, 0.3) is 0 Å². The second kappa shape index (κ2) is 25.2. The Labute approximate surface area is 248 Å². The van der Waals surface area contributed by atoms with Gasteiger partial charge in [0.25, 0.3) is 0 Å². The summed E-state index contributed by atoms with van der Waals surface area (Å²) >= 11 is 0. The maximum atomic E-state index is 11.2. The van der Waals surface area contributed by atoms with Crippen molar-refractivity contribution in [3.8, 4) is 23.0 Å². The van der Waals surface area contributed by atoms with Gasteiger partial charge in [0.2, 0.25) is 11.5 Å². The fourth-order valence-corrected chi connectivity index (χ4v) is 5.52. The molecule has 1 rings (SSSR count). The smallest absolute Gasteiger partial charge is 0.207 e. The van der Waals surface area contributed by atoms with E-state index in [2.05, 4.69) is 27.7 Å². The lowest BCUT2D eigenvalue weighted by Gasteiger charge is -2.22. The lowest BCUT2D eigenvalue weighted by Crippen LogP contribution is -2.09. The average molecular weight is 563 g/mol. The third-order valence-electron chi connectivity index (χ3n) is 8.12. The number of benzene rings is 1. The van der Waals surface area contributed by atoms with Crippen LogP contribution in [0.3, 0.4) is 0 Å². The normalized spacial score (nSPS) is 11.3. The molecule has 0 unspecified atom stereocenters. The molecule has 0 amide bonds. The van der Waals surface area contributed by atoms with Crippen LogP contribution in [-0.2, 0) is 12.8 Å². The minimum absolute atomic E-state index is 0.0175. The average Bonchev–Trinajstić information content (AvgIpc) is 2.96. The van der Waals surface area contributed by atoms with Crippen molar-refractivity contribution < 1.29 is 19.7 Å². The van der Waals surface area contributed by atoms with Gasteiger partial charge in [0.1, 0.15) is 0 Å². The number of phenols is 2. The van der Waals surface area contributed by atoms with E-state index in [1.807, 2.05) is 0 Å². The zero-order chi connectivity index (χ0) is 29.3. The minimum atomic E-state index is -0.123. The molecule has 1 aromatic carbocycles. The Balaban J connectivity index is 3.12. The molecule has 4 heteroatoms. The molecule has 0 radical (unpaired) electrons. The molecule has 2 N–H and O–H groups in total. The van der Waals surface area contributed by atoms with E-state index in [4.69, 9.17) is 9.47 Å². The Bertz CT molecular complexity index is 730. The highest BCUT2D eigenvalue weighted by Crippen LogP contribution is 2.50. The summed E-state index contributed by atoms with van der Waals surface area (Å²) in [6.45, 7) is 10.1. The maximum Gasteiger partial charge on any atom is 0.207 e. The fraction of sp³-hybridized carbons (Fsp3) is 0.833. The molecule has 0 fully saturated rings. The summed E-state index contributed by atoms with van der Waals surface area (Å²) in [7, 11) is 0. The van der Waals surface area contributed by atoms with Crippen molar-refractivity contribution in [3.05, 3.63) is 11.1 Å². The van der Waals surface area contributed by atoms with Crippen LogP contribution in [0.15, 0.2) is 0 Å². The van der Waals surface area contributed by atoms with Crippen LogP contribution in [-0.4, -0.2) is 23.4 Å². The van der Waals surface area contributed by atoms with Gasteiger partial charge in [-0.3, -0.25) is 0 Å². The van der Waals surface area contributed by atoms with Crippen molar-refractivity contribution in [1.82, 2.24) is 0 Å². The first-order valence-corrected chi connectivity index (χ1v) is 17.5. The van der Waals surface area contributed by atoms with E-state index in [1.165, 1.54) is 96.3 Å². The molecular formula is C36H66O4. The summed E-state index contributed by atoms with van der Waals surface area (Å²) < 4.78 is 12.7. The number of rotatable bonds is 28. The fourth-order valence-electron chi connectivity index (χ4n) is 5.52. The highest BCUT2D eigenvalue weighted by atomic mass is 16.5. The Kier molecular flexibility index (Phi) is 22.9. The lowest BCUT2D eigenvalue weighted by molar-refractivity contribution is 0.242. The van der Waals surface area contributed by atoms with E-state index in [-0.39, 0.29) is 11.5 Å². The van der Waals surface area contributed by atoms with Gasteiger partial charge in [-0.2, -0.15) is 0 Å². The van der Waals surface area contributed by atoms with Crippen molar-refractivity contribution in [2.24, 2.45) is 0 Å². The molecule has 0 saturated heterocycles. The first-order chi connectivity index (χ1) is 19.6. The molecule has 4 nitrogen and oxygen atoms in total. The van der Waals surface area contributed by atoms with E-state index >= 15 is 0 Å². The summed E-state index contributed by atoms with van der Waals surface area (Å²) in [5.41, 5.74) is 1.96. The predicted molar refractivity (Wildman–Crippen MR) is 172 cm³/mol. The zero-order valence-corrected chi connectivity index (χ0v) is 27.1. The van der Waals surface area contributed by atoms with Gasteiger partial charge in [-0.1, -0.05) is 143 Å². The van der Waals surface area contributed by atoms with Crippen LogP contribution < -0.4 is 9.47 Å². The highest BCUT2D eigenvalue weighted by Gasteiger charge is 2.26. The second-order valence-corrected chi connectivity index (χ2v) is 11.9. The van der Waals surface area contributed by atoms with Crippen molar-refractivity contribution >= 4 is 0 Å². The number of hydrogen-bond donors (Lipinski definition) is 2. The van der Waals surface area contributed by atoms with E-state index in [9.17, 15) is 10.2 Å². The molecule has 234 valence electrons. The van der Waals surface area contributed by atoms with Gasteiger partial charge in [0, 0.05) is 11.1 Å². The van der Waals surface area contributed by atoms with E-state index < -0.39 is 0 Å². The third-order valence-corrected chi connectivity index (χ3v) is 8.12. The van der Waals surface area contributed by atoms with E-state index in [1.54, 1.807) is 0 Å².